The van der Waals surface area contributed by atoms with Gasteiger partial charge in [0.1, 0.15) is 5.60 Å². The van der Waals surface area contributed by atoms with E-state index in [1.807, 2.05) is 0 Å². The standard InChI is InChI=1S/C17H26O/c1-8-16(4,5)14(3)18-17(6,7)15-11-9-13(2)10-12-15/h9-12H,3,8H2,1-2,4-7H3. The first kappa shape index (κ1) is 14.8. The Morgan fingerprint density at radius 1 is 1.11 bits per heavy atom. The van der Waals surface area contributed by atoms with E-state index in [-0.39, 0.29) is 11.0 Å². The van der Waals surface area contributed by atoms with E-state index in [2.05, 4.69) is 72.4 Å². The van der Waals surface area contributed by atoms with E-state index in [0.717, 1.165) is 12.2 Å². The van der Waals surface area contributed by atoms with E-state index >= 15 is 0 Å². The van der Waals surface area contributed by atoms with Crippen LogP contribution in [-0.4, -0.2) is 0 Å². The van der Waals surface area contributed by atoms with Crippen LogP contribution in [0.25, 0.3) is 0 Å². The molecule has 0 amide bonds. The third-order valence-corrected chi connectivity index (χ3v) is 3.76. The molecule has 0 saturated carbocycles. The molecule has 0 N–H and O–H groups in total. The maximum atomic E-state index is 6.12. The van der Waals surface area contributed by atoms with Crippen LogP contribution in [0.15, 0.2) is 36.6 Å². The lowest BCUT2D eigenvalue weighted by Crippen LogP contribution is -2.26. The number of rotatable bonds is 5. The van der Waals surface area contributed by atoms with Gasteiger partial charge < -0.3 is 4.74 Å². The molecule has 0 aliphatic rings. The molecule has 0 bridgehead atoms. The highest BCUT2D eigenvalue weighted by Crippen LogP contribution is 2.36. The average molecular weight is 246 g/mol. The second kappa shape index (κ2) is 5.17. The molecule has 1 heteroatoms. The van der Waals surface area contributed by atoms with Crippen molar-refractivity contribution < 1.29 is 4.74 Å². The van der Waals surface area contributed by atoms with Crippen LogP contribution in [0.5, 0.6) is 0 Å². The zero-order valence-corrected chi connectivity index (χ0v) is 12.6. The molecule has 0 atom stereocenters. The van der Waals surface area contributed by atoms with Gasteiger partial charge in [-0.3, -0.25) is 0 Å². The minimum Gasteiger partial charge on any atom is -0.488 e. The predicted molar refractivity (Wildman–Crippen MR) is 78.5 cm³/mol. The summed E-state index contributed by atoms with van der Waals surface area (Å²) in [5.74, 6) is 0.857. The summed E-state index contributed by atoms with van der Waals surface area (Å²) in [5, 5.41) is 0. The van der Waals surface area contributed by atoms with Crippen molar-refractivity contribution in [2.75, 3.05) is 0 Å². The van der Waals surface area contributed by atoms with Gasteiger partial charge in [0.05, 0.1) is 5.76 Å². The molecule has 0 unspecified atom stereocenters. The third-order valence-electron chi connectivity index (χ3n) is 3.76. The van der Waals surface area contributed by atoms with Gasteiger partial charge in [-0.1, -0.05) is 57.2 Å². The van der Waals surface area contributed by atoms with Crippen LogP contribution in [0, 0.1) is 12.3 Å². The quantitative estimate of drug-likeness (QED) is 0.649. The molecular weight excluding hydrogens is 220 g/mol. The van der Waals surface area contributed by atoms with Crippen molar-refractivity contribution in [2.45, 2.75) is 53.6 Å². The first-order valence-corrected chi connectivity index (χ1v) is 6.64. The number of hydrogen-bond acceptors (Lipinski definition) is 1. The zero-order chi connectivity index (χ0) is 14.0. The van der Waals surface area contributed by atoms with Crippen molar-refractivity contribution in [3.63, 3.8) is 0 Å². The number of hydrogen-bond donors (Lipinski definition) is 0. The lowest BCUT2D eigenvalue weighted by atomic mass is 9.87. The molecule has 18 heavy (non-hydrogen) atoms. The van der Waals surface area contributed by atoms with Crippen molar-refractivity contribution in [3.8, 4) is 0 Å². The van der Waals surface area contributed by atoms with Gasteiger partial charge in [0.25, 0.3) is 0 Å². The van der Waals surface area contributed by atoms with E-state index in [0.29, 0.717) is 0 Å². The van der Waals surface area contributed by atoms with Gasteiger partial charge in [-0.25, -0.2) is 0 Å². The first-order chi connectivity index (χ1) is 8.19. The molecule has 0 aromatic heterocycles. The molecule has 1 aromatic carbocycles. The van der Waals surface area contributed by atoms with Crippen molar-refractivity contribution >= 4 is 0 Å². The smallest absolute Gasteiger partial charge is 0.128 e. The van der Waals surface area contributed by atoms with Gasteiger partial charge >= 0.3 is 0 Å². The minimum atomic E-state index is -0.336. The summed E-state index contributed by atoms with van der Waals surface area (Å²) in [6.45, 7) is 16.9. The molecular formula is C17H26O. The summed E-state index contributed by atoms with van der Waals surface area (Å²) in [6, 6.07) is 8.49. The third kappa shape index (κ3) is 3.38. The Balaban J connectivity index is 2.88. The fraction of sp³-hybridized carbons (Fsp3) is 0.529. The molecule has 0 radical (unpaired) electrons. The van der Waals surface area contributed by atoms with Gasteiger partial charge in [-0.15, -0.1) is 0 Å². The van der Waals surface area contributed by atoms with Crippen LogP contribution in [-0.2, 0) is 10.3 Å². The first-order valence-electron chi connectivity index (χ1n) is 6.64. The Morgan fingerprint density at radius 2 is 1.61 bits per heavy atom. The molecule has 0 spiro atoms. The minimum absolute atomic E-state index is 0.0158. The van der Waals surface area contributed by atoms with E-state index in [9.17, 15) is 0 Å². The average Bonchev–Trinajstić information content (AvgIpc) is 2.29. The Kier molecular flexibility index (Phi) is 4.26. The zero-order valence-electron chi connectivity index (χ0n) is 12.6. The van der Waals surface area contributed by atoms with Gasteiger partial charge in [0.2, 0.25) is 0 Å². The Labute approximate surface area is 112 Å². The van der Waals surface area contributed by atoms with E-state index < -0.39 is 0 Å². The molecule has 100 valence electrons. The summed E-state index contributed by atoms with van der Waals surface area (Å²) < 4.78 is 6.12. The lowest BCUT2D eigenvalue weighted by Gasteiger charge is -2.34. The molecule has 0 saturated heterocycles. The fourth-order valence-electron chi connectivity index (χ4n) is 1.66. The van der Waals surface area contributed by atoms with Crippen molar-refractivity contribution in [1.82, 2.24) is 0 Å². The van der Waals surface area contributed by atoms with Crippen LogP contribution in [0.3, 0.4) is 0 Å². The van der Waals surface area contributed by atoms with Crippen LogP contribution in [0.1, 0.15) is 52.2 Å². The Bertz CT molecular complexity index is 410. The Hall–Kier alpha value is -1.24. The molecule has 0 aliphatic heterocycles. The molecule has 1 nitrogen and oxygen atoms in total. The van der Waals surface area contributed by atoms with Crippen molar-refractivity contribution in [3.05, 3.63) is 47.7 Å². The molecule has 0 heterocycles. The number of allylic oxidation sites excluding steroid dienone is 1. The van der Waals surface area contributed by atoms with Gasteiger partial charge in [0, 0.05) is 5.41 Å². The van der Waals surface area contributed by atoms with Gasteiger partial charge in [0.15, 0.2) is 0 Å². The van der Waals surface area contributed by atoms with Crippen molar-refractivity contribution in [1.29, 1.82) is 0 Å². The van der Waals surface area contributed by atoms with E-state index in [4.69, 9.17) is 4.74 Å². The van der Waals surface area contributed by atoms with Crippen LogP contribution in [0.2, 0.25) is 0 Å². The summed E-state index contributed by atoms with van der Waals surface area (Å²) in [4.78, 5) is 0. The maximum absolute atomic E-state index is 6.12. The monoisotopic (exact) mass is 246 g/mol. The van der Waals surface area contributed by atoms with Crippen LogP contribution < -0.4 is 0 Å². The number of benzene rings is 1. The summed E-state index contributed by atoms with van der Waals surface area (Å²) >= 11 is 0. The molecule has 1 aromatic rings. The van der Waals surface area contributed by atoms with Gasteiger partial charge in [-0.2, -0.15) is 0 Å². The topological polar surface area (TPSA) is 9.23 Å². The number of aryl methyl sites for hydroxylation is 1. The highest BCUT2D eigenvalue weighted by atomic mass is 16.5. The largest absolute Gasteiger partial charge is 0.488 e. The normalized spacial score (nSPS) is 12.3. The van der Waals surface area contributed by atoms with E-state index in [1.54, 1.807) is 0 Å². The number of ether oxygens (including phenoxy) is 1. The molecule has 0 fully saturated rings. The van der Waals surface area contributed by atoms with Crippen molar-refractivity contribution in [2.24, 2.45) is 5.41 Å². The Morgan fingerprint density at radius 3 is 2.06 bits per heavy atom. The lowest BCUT2D eigenvalue weighted by molar-refractivity contribution is 0.0000304. The SMILES string of the molecule is C=C(OC(C)(C)c1ccc(C)cc1)C(C)(C)CC. The summed E-state index contributed by atoms with van der Waals surface area (Å²) in [6.07, 6.45) is 1.02. The second-order valence-corrected chi connectivity index (χ2v) is 6.14. The predicted octanol–water partition coefficient (Wildman–Crippen LogP) is 5.20. The van der Waals surface area contributed by atoms with Crippen LogP contribution >= 0.6 is 0 Å². The summed E-state index contributed by atoms with van der Waals surface area (Å²) in [5.41, 5.74) is 2.13. The highest BCUT2D eigenvalue weighted by molar-refractivity contribution is 5.26. The maximum Gasteiger partial charge on any atom is 0.128 e. The highest BCUT2D eigenvalue weighted by Gasteiger charge is 2.29. The van der Waals surface area contributed by atoms with E-state index in [1.165, 1.54) is 11.1 Å². The molecule has 1 rings (SSSR count). The van der Waals surface area contributed by atoms with Gasteiger partial charge in [-0.05, 0) is 32.8 Å². The van der Waals surface area contributed by atoms with Crippen LogP contribution in [0.4, 0.5) is 0 Å². The fourth-order valence-corrected chi connectivity index (χ4v) is 1.66. The second-order valence-electron chi connectivity index (χ2n) is 6.14. The molecule has 0 aliphatic carbocycles. The summed E-state index contributed by atoms with van der Waals surface area (Å²) in [7, 11) is 0.